The van der Waals surface area contributed by atoms with E-state index in [9.17, 15) is 0 Å². The number of benzene rings is 1. The van der Waals surface area contributed by atoms with E-state index in [0.717, 1.165) is 27.2 Å². The van der Waals surface area contributed by atoms with Crippen LogP contribution in [0.4, 0.5) is 0 Å². The number of rotatable bonds is 0. The summed E-state index contributed by atoms with van der Waals surface area (Å²) in [4.78, 5) is 4.43. The first-order valence-electron chi connectivity index (χ1n) is 4.31. The molecular weight excluding hydrogens is 217 g/mol. The summed E-state index contributed by atoms with van der Waals surface area (Å²) in [6.45, 7) is 3.92. The van der Waals surface area contributed by atoms with Gasteiger partial charge in [0.05, 0.1) is 10.5 Å². The molecule has 0 aliphatic heterocycles. The molecule has 2 aromatic rings. The minimum absolute atomic E-state index is 0.685. The summed E-state index contributed by atoms with van der Waals surface area (Å²) >= 11 is 12.1. The smallest absolute Gasteiger partial charge is 0.0735 e. The van der Waals surface area contributed by atoms with Gasteiger partial charge in [-0.1, -0.05) is 23.2 Å². The summed E-state index contributed by atoms with van der Waals surface area (Å²) in [5.74, 6) is 0. The molecule has 2 rings (SSSR count). The van der Waals surface area contributed by atoms with Gasteiger partial charge in [-0.2, -0.15) is 0 Å². The highest BCUT2D eigenvalue weighted by Gasteiger charge is 2.06. The maximum atomic E-state index is 6.20. The average molecular weight is 226 g/mol. The summed E-state index contributed by atoms with van der Waals surface area (Å²) in [6.07, 6.45) is 0. The molecule has 0 fully saturated rings. The number of halogens is 2. The van der Waals surface area contributed by atoms with Crippen molar-refractivity contribution >= 4 is 34.1 Å². The van der Waals surface area contributed by atoms with Crippen LogP contribution in [0.2, 0.25) is 10.0 Å². The fraction of sp³-hybridized carbons (Fsp3) is 0.182. The molecule has 0 N–H and O–H groups in total. The first kappa shape index (κ1) is 9.75. The molecule has 0 spiro atoms. The highest BCUT2D eigenvalue weighted by Crippen LogP contribution is 2.28. The Labute approximate surface area is 92.7 Å². The van der Waals surface area contributed by atoms with Crippen molar-refractivity contribution < 1.29 is 0 Å². The van der Waals surface area contributed by atoms with Crippen molar-refractivity contribution in [2.75, 3.05) is 0 Å². The number of pyridine rings is 1. The molecule has 0 radical (unpaired) electrons. The van der Waals surface area contributed by atoms with E-state index in [4.69, 9.17) is 23.2 Å². The van der Waals surface area contributed by atoms with Crippen LogP contribution in [0.5, 0.6) is 0 Å². The normalized spacial score (nSPS) is 10.9. The highest BCUT2D eigenvalue weighted by atomic mass is 35.5. The van der Waals surface area contributed by atoms with Gasteiger partial charge in [0.1, 0.15) is 0 Å². The Morgan fingerprint density at radius 1 is 1.14 bits per heavy atom. The Balaban J connectivity index is 2.91. The van der Waals surface area contributed by atoms with Gasteiger partial charge >= 0.3 is 0 Å². The van der Waals surface area contributed by atoms with Crippen LogP contribution in [0.3, 0.4) is 0 Å². The molecule has 0 atom stereocenters. The van der Waals surface area contributed by atoms with Crippen molar-refractivity contribution in [1.29, 1.82) is 0 Å². The summed E-state index contributed by atoms with van der Waals surface area (Å²) in [5.41, 5.74) is 2.83. The lowest BCUT2D eigenvalue weighted by atomic mass is 10.1. The number of aryl methyl sites for hydroxylation is 1. The topological polar surface area (TPSA) is 12.9 Å². The predicted molar refractivity (Wildman–Crippen MR) is 61.2 cm³/mol. The van der Waals surface area contributed by atoms with Crippen LogP contribution in [0.25, 0.3) is 10.9 Å². The van der Waals surface area contributed by atoms with Crippen molar-refractivity contribution in [2.45, 2.75) is 13.8 Å². The van der Waals surface area contributed by atoms with Gasteiger partial charge in [0.2, 0.25) is 0 Å². The second-order valence-corrected chi connectivity index (χ2v) is 4.11. The summed E-state index contributed by atoms with van der Waals surface area (Å²) in [6, 6.07) is 5.56. The standard InChI is InChI=1S/C11H9Cl2N/c1-6-7(2)14-10-5-8(12)3-4-9(10)11(6)13/h3-5H,1-2H3. The fourth-order valence-electron chi connectivity index (χ4n) is 1.41. The lowest BCUT2D eigenvalue weighted by Gasteiger charge is -2.06. The zero-order valence-corrected chi connectivity index (χ0v) is 9.45. The van der Waals surface area contributed by atoms with E-state index < -0.39 is 0 Å². The van der Waals surface area contributed by atoms with Crippen LogP contribution in [-0.2, 0) is 0 Å². The van der Waals surface area contributed by atoms with Gasteiger partial charge in [0.25, 0.3) is 0 Å². The van der Waals surface area contributed by atoms with Gasteiger partial charge in [-0.05, 0) is 37.6 Å². The Morgan fingerprint density at radius 3 is 2.57 bits per heavy atom. The largest absolute Gasteiger partial charge is 0.253 e. The maximum absolute atomic E-state index is 6.20. The Bertz CT molecular complexity index is 506. The molecule has 0 saturated heterocycles. The van der Waals surface area contributed by atoms with E-state index >= 15 is 0 Å². The molecule has 0 aliphatic carbocycles. The second-order valence-electron chi connectivity index (χ2n) is 3.30. The quantitative estimate of drug-likeness (QED) is 0.657. The molecule has 72 valence electrons. The lowest BCUT2D eigenvalue weighted by Crippen LogP contribution is -1.90. The molecule has 1 aromatic carbocycles. The summed E-state index contributed by atoms with van der Waals surface area (Å²) < 4.78 is 0. The van der Waals surface area contributed by atoms with Crippen LogP contribution < -0.4 is 0 Å². The monoisotopic (exact) mass is 225 g/mol. The molecule has 14 heavy (non-hydrogen) atoms. The van der Waals surface area contributed by atoms with Crippen LogP contribution in [0.1, 0.15) is 11.3 Å². The molecule has 0 amide bonds. The Kier molecular flexibility index (Phi) is 2.38. The average Bonchev–Trinajstić information content (AvgIpc) is 2.14. The third-order valence-electron chi connectivity index (χ3n) is 2.36. The van der Waals surface area contributed by atoms with Gasteiger partial charge in [0.15, 0.2) is 0 Å². The van der Waals surface area contributed by atoms with Gasteiger partial charge in [-0.25, -0.2) is 0 Å². The Morgan fingerprint density at radius 2 is 1.86 bits per heavy atom. The molecular formula is C11H9Cl2N. The Hall–Kier alpha value is -0.790. The molecule has 1 heterocycles. The number of hydrogen-bond acceptors (Lipinski definition) is 1. The van der Waals surface area contributed by atoms with Crippen LogP contribution in [0, 0.1) is 13.8 Å². The molecule has 0 unspecified atom stereocenters. The zero-order valence-electron chi connectivity index (χ0n) is 7.94. The van der Waals surface area contributed by atoms with Crippen LogP contribution in [-0.4, -0.2) is 4.98 Å². The molecule has 1 nitrogen and oxygen atoms in total. The summed E-state index contributed by atoms with van der Waals surface area (Å²) in [5, 5.41) is 2.41. The van der Waals surface area contributed by atoms with Gasteiger partial charge < -0.3 is 0 Å². The highest BCUT2D eigenvalue weighted by molar-refractivity contribution is 6.36. The van der Waals surface area contributed by atoms with E-state index in [1.807, 2.05) is 32.0 Å². The molecule has 1 aromatic heterocycles. The van der Waals surface area contributed by atoms with Gasteiger partial charge in [-0.15, -0.1) is 0 Å². The first-order valence-corrected chi connectivity index (χ1v) is 5.07. The van der Waals surface area contributed by atoms with Crippen molar-refractivity contribution in [3.63, 3.8) is 0 Å². The minimum Gasteiger partial charge on any atom is -0.253 e. The maximum Gasteiger partial charge on any atom is 0.0735 e. The zero-order chi connectivity index (χ0) is 10.3. The van der Waals surface area contributed by atoms with E-state index in [1.165, 1.54) is 0 Å². The van der Waals surface area contributed by atoms with Crippen molar-refractivity contribution in [1.82, 2.24) is 4.98 Å². The van der Waals surface area contributed by atoms with E-state index in [1.54, 1.807) is 0 Å². The third-order valence-corrected chi connectivity index (χ3v) is 3.08. The van der Waals surface area contributed by atoms with E-state index in [2.05, 4.69) is 4.98 Å². The molecule has 0 aliphatic rings. The minimum atomic E-state index is 0.685. The number of aromatic nitrogens is 1. The van der Waals surface area contributed by atoms with Crippen molar-refractivity contribution in [3.8, 4) is 0 Å². The number of fused-ring (bicyclic) bond motifs is 1. The van der Waals surface area contributed by atoms with Gasteiger partial charge in [0, 0.05) is 16.1 Å². The lowest BCUT2D eigenvalue weighted by molar-refractivity contribution is 1.20. The second kappa shape index (κ2) is 3.41. The van der Waals surface area contributed by atoms with Crippen molar-refractivity contribution in [2.24, 2.45) is 0 Å². The predicted octanol–water partition coefficient (Wildman–Crippen LogP) is 4.16. The summed E-state index contributed by atoms with van der Waals surface area (Å²) in [7, 11) is 0. The fourth-order valence-corrected chi connectivity index (χ4v) is 1.87. The van der Waals surface area contributed by atoms with E-state index in [-0.39, 0.29) is 0 Å². The van der Waals surface area contributed by atoms with Gasteiger partial charge in [-0.3, -0.25) is 4.98 Å². The third kappa shape index (κ3) is 1.47. The molecule has 0 saturated carbocycles. The van der Waals surface area contributed by atoms with Crippen LogP contribution >= 0.6 is 23.2 Å². The van der Waals surface area contributed by atoms with Crippen molar-refractivity contribution in [3.05, 3.63) is 39.5 Å². The SMILES string of the molecule is Cc1nc2cc(Cl)ccc2c(Cl)c1C. The van der Waals surface area contributed by atoms with Crippen LogP contribution in [0.15, 0.2) is 18.2 Å². The van der Waals surface area contributed by atoms with E-state index in [0.29, 0.717) is 5.02 Å². The number of nitrogens with zero attached hydrogens (tertiary/aromatic N) is 1. The molecule has 3 heteroatoms. The molecule has 0 bridgehead atoms. The first-order chi connectivity index (χ1) is 6.59. The number of hydrogen-bond donors (Lipinski definition) is 0.